The number of nitrogens with zero attached hydrogens (tertiary/aromatic N) is 4. The van der Waals surface area contributed by atoms with Crippen molar-refractivity contribution in [2.75, 3.05) is 49.6 Å². The molecule has 158 valence electrons. The highest BCUT2D eigenvalue weighted by Gasteiger charge is 2.36. The Morgan fingerprint density at radius 3 is 2.67 bits per heavy atom. The molecule has 1 atom stereocenters. The Morgan fingerprint density at radius 2 is 2.03 bits per heavy atom. The molecule has 8 nitrogen and oxygen atoms in total. The van der Waals surface area contributed by atoms with E-state index in [0.29, 0.717) is 16.8 Å². The quantitative estimate of drug-likeness (QED) is 0.827. The molecular formula is C21H24FN5O3. The molecule has 0 aliphatic carbocycles. The summed E-state index contributed by atoms with van der Waals surface area (Å²) in [5, 5.41) is 3.30. The summed E-state index contributed by atoms with van der Waals surface area (Å²) >= 11 is 0. The van der Waals surface area contributed by atoms with Crippen LogP contribution in [0.5, 0.6) is 0 Å². The number of piperazine rings is 1. The highest BCUT2D eigenvalue weighted by Crippen LogP contribution is 2.30. The van der Waals surface area contributed by atoms with E-state index in [1.807, 2.05) is 12.1 Å². The van der Waals surface area contributed by atoms with Crippen LogP contribution in [0.4, 0.5) is 20.7 Å². The zero-order chi connectivity index (χ0) is 21.3. The third kappa shape index (κ3) is 3.93. The van der Waals surface area contributed by atoms with Gasteiger partial charge in [0.25, 0.3) is 0 Å². The molecule has 2 aliphatic rings. The number of amides is 2. The molecule has 0 saturated carbocycles. The average molecular weight is 413 g/mol. The number of halogens is 1. The standard InChI is InChI=1S/C21H24FN5O3/c1-14(28)25(2)20-13-27(21(29)30-20)16-4-5-17(18(22)11-16)15-3-6-19(24-12-15)26-9-7-23-8-10-26/h3-6,11-12,20,23H,7-10,13H2,1-2H3/t20-/m0/s1. The largest absolute Gasteiger partial charge is 0.423 e. The third-order valence-electron chi connectivity index (χ3n) is 5.49. The third-order valence-corrected chi connectivity index (χ3v) is 5.49. The lowest BCUT2D eigenvalue weighted by Gasteiger charge is -2.28. The number of ether oxygens (including phenoxy) is 1. The number of likely N-dealkylation sites (N-methyl/N-ethyl adjacent to an activating group) is 1. The lowest BCUT2D eigenvalue weighted by Crippen LogP contribution is -2.43. The van der Waals surface area contributed by atoms with Gasteiger partial charge < -0.3 is 19.9 Å². The molecule has 0 unspecified atom stereocenters. The van der Waals surface area contributed by atoms with Crippen molar-refractivity contribution in [2.24, 2.45) is 0 Å². The molecule has 9 heteroatoms. The lowest BCUT2D eigenvalue weighted by atomic mass is 10.1. The van der Waals surface area contributed by atoms with E-state index in [4.69, 9.17) is 4.74 Å². The summed E-state index contributed by atoms with van der Waals surface area (Å²) < 4.78 is 20.1. The van der Waals surface area contributed by atoms with Crippen molar-refractivity contribution in [3.8, 4) is 11.1 Å². The minimum atomic E-state index is -0.695. The second-order valence-electron chi connectivity index (χ2n) is 7.39. The number of carbonyl (C=O) groups is 2. The van der Waals surface area contributed by atoms with Crippen LogP contribution >= 0.6 is 0 Å². The van der Waals surface area contributed by atoms with E-state index in [2.05, 4.69) is 15.2 Å². The second kappa shape index (κ2) is 8.27. The van der Waals surface area contributed by atoms with Crippen LogP contribution in [0.25, 0.3) is 11.1 Å². The van der Waals surface area contributed by atoms with E-state index in [1.165, 1.54) is 22.8 Å². The summed E-state index contributed by atoms with van der Waals surface area (Å²) in [4.78, 5) is 33.0. The van der Waals surface area contributed by atoms with Crippen LogP contribution in [0, 0.1) is 5.82 Å². The Bertz CT molecular complexity index is 946. The Balaban J connectivity index is 1.51. The van der Waals surface area contributed by atoms with Gasteiger partial charge in [-0.1, -0.05) is 0 Å². The molecule has 3 heterocycles. The monoisotopic (exact) mass is 413 g/mol. The van der Waals surface area contributed by atoms with E-state index >= 15 is 0 Å². The molecule has 2 aliphatic heterocycles. The second-order valence-corrected chi connectivity index (χ2v) is 7.39. The van der Waals surface area contributed by atoms with Gasteiger partial charge in [0.1, 0.15) is 11.6 Å². The highest BCUT2D eigenvalue weighted by atomic mass is 19.1. The number of pyridine rings is 1. The number of carbonyl (C=O) groups excluding carboxylic acids is 2. The van der Waals surface area contributed by atoms with Gasteiger partial charge in [0.15, 0.2) is 6.23 Å². The SMILES string of the molecule is CC(=O)N(C)[C@@H]1CN(c2ccc(-c3ccc(N4CCNCC4)nc3)c(F)c2)C(=O)O1. The fraction of sp³-hybridized carbons (Fsp3) is 0.381. The van der Waals surface area contributed by atoms with E-state index < -0.39 is 18.1 Å². The molecule has 2 aromatic rings. The van der Waals surface area contributed by atoms with Crippen LogP contribution in [-0.4, -0.2) is 67.9 Å². The maximum absolute atomic E-state index is 14.9. The first-order chi connectivity index (χ1) is 14.4. The van der Waals surface area contributed by atoms with Gasteiger partial charge in [-0.25, -0.2) is 14.2 Å². The number of cyclic esters (lactones) is 1. The normalized spacial score (nSPS) is 19.0. The maximum atomic E-state index is 14.9. The van der Waals surface area contributed by atoms with E-state index in [0.717, 1.165) is 32.0 Å². The molecule has 2 fully saturated rings. The van der Waals surface area contributed by atoms with Gasteiger partial charge in [-0.05, 0) is 30.3 Å². The fourth-order valence-corrected chi connectivity index (χ4v) is 3.60. The molecule has 2 saturated heterocycles. The predicted octanol–water partition coefficient (Wildman–Crippen LogP) is 2.06. The van der Waals surface area contributed by atoms with Crippen LogP contribution in [0.15, 0.2) is 36.5 Å². The van der Waals surface area contributed by atoms with Crippen molar-refractivity contribution in [3.63, 3.8) is 0 Å². The van der Waals surface area contributed by atoms with Crippen molar-refractivity contribution in [3.05, 3.63) is 42.3 Å². The minimum Gasteiger partial charge on any atom is -0.423 e. The van der Waals surface area contributed by atoms with Crippen LogP contribution in [-0.2, 0) is 9.53 Å². The van der Waals surface area contributed by atoms with E-state index in [1.54, 1.807) is 25.4 Å². The number of hydrogen-bond donors (Lipinski definition) is 1. The Morgan fingerprint density at radius 1 is 1.27 bits per heavy atom. The van der Waals surface area contributed by atoms with Crippen molar-refractivity contribution in [1.29, 1.82) is 0 Å². The number of hydrogen-bond acceptors (Lipinski definition) is 6. The summed E-state index contributed by atoms with van der Waals surface area (Å²) in [6.07, 6.45) is 0.360. The first kappa shape index (κ1) is 20.1. The summed E-state index contributed by atoms with van der Waals surface area (Å²) in [7, 11) is 1.56. The predicted molar refractivity (Wildman–Crippen MR) is 111 cm³/mol. The summed E-state index contributed by atoms with van der Waals surface area (Å²) in [6.45, 7) is 5.16. The van der Waals surface area contributed by atoms with Crippen LogP contribution in [0.2, 0.25) is 0 Å². The molecule has 30 heavy (non-hydrogen) atoms. The van der Waals surface area contributed by atoms with Crippen molar-refractivity contribution < 1.29 is 18.7 Å². The van der Waals surface area contributed by atoms with Crippen molar-refractivity contribution >= 4 is 23.5 Å². The molecule has 0 spiro atoms. The van der Waals surface area contributed by atoms with Crippen molar-refractivity contribution in [1.82, 2.24) is 15.2 Å². The molecule has 2 amide bonds. The lowest BCUT2D eigenvalue weighted by molar-refractivity contribution is -0.134. The average Bonchev–Trinajstić information content (AvgIpc) is 3.15. The van der Waals surface area contributed by atoms with Gasteiger partial charge in [0, 0.05) is 57.5 Å². The van der Waals surface area contributed by atoms with Gasteiger partial charge in [-0.15, -0.1) is 0 Å². The maximum Gasteiger partial charge on any atom is 0.416 e. The smallest absolute Gasteiger partial charge is 0.416 e. The van der Waals surface area contributed by atoms with Gasteiger partial charge in [-0.3, -0.25) is 9.69 Å². The minimum absolute atomic E-state index is 0.147. The number of nitrogens with one attached hydrogen (secondary N) is 1. The number of anilines is 2. The molecule has 0 radical (unpaired) electrons. The Hall–Kier alpha value is -3.20. The molecule has 1 aromatic carbocycles. The molecular weight excluding hydrogens is 389 g/mol. The van der Waals surface area contributed by atoms with Gasteiger partial charge in [0.2, 0.25) is 5.91 Å². The molecule has 0 bridgehead atoms. The zero-order valence-corrected chi connectivity index (χ0v) is 17.0. The summed E-state index contributed by atoms with van der Waals surface area (Å²) in [5.41, 5.74) is 1.45. The summed E-state index contributed by atoms with van der Waals surface area (Å²) in [5.74, 6) is 0.200. The Kier molecular flexibility index (Phi) is 5.54. The van der Waals surface area contributed by atoms with Crippen LogP contribution in [0.1, 0.15) is 6.92 Å². The number of benzene rings is 1. The molecule has 1 N–H and O–H groups in total. The molecule has 4 rings (SSSR count). The highest BCUT2D eigenvalue weighted by molar-refractivity contribution is 5.90. The van der Waals surface area contributed by atoms with Crippen LogP contribution in [0.3, 0.4) is 0 Å². The van der Waals surface area contributed by atoms with Crippen LogP contribution < -0.4 is 15.1 Å². The first-order valence-electron chi connectivity index (χ1n) is 9.87. The van der Waals surface area contributed by atoms with E-state index in [-0.39, 0.29) is 12.5 Å². The zero-order valence-electron chi connectivity index (χ0n) is 17.0. The van der Waals surface area contributed by atoms with E-state index in [9.17, 15) is 14.0 Å². The topological polar surface area (TPSA) is 78.0 Å². The number of aromatic nitrogens is 1. The number of rotatable bonds is 4. The van der Waals surface area contributed by atoms with Gasteiger partial charge >= 0.3 is 6.09 Å². The van der Waals surface area contributed by atoms with Crippen molar-refractivity contribution in [2.45, 2.75) is 13.2 Å². The first-order valence-corrected chi connectivity index (χ1v) is 9.87. The molecule has 1 aromatic heterocycles. The van der Waals surface area contributed by atoms with Gasteiger partial charge in [-0.2, -0.15) is 0 Å². The summed E-state index contributed by atoms with van der Waals surface area (Å²) in [6, 6.07) is 8.34. The fourth-order valence-electron chi connectivity index (χ4n) is 3.60. The van der Waals surface area contributed by atoms with Gasteiger partial charge in [0.05, 0.1) is 12.2 Å². The Labute approximate surface area is 174 Å².